The Morgan fingerprint density at radius 1 is 1.12 bits per heavy atom. The van der Waals surface area contributed by atoms with Crippen molar-refractivity contribution in [2.24, 2.45) is 0 Å². The monoisotopic (exact) mass is 343 g/mol. The van der Waals surface area contributed by atoms with Crippen molar-refractivity contribution in [3.8, 4) is 16.2 Å². The number of carbonyl (C=O) groups excluding carboxylic acids is 1. The number of para-hydroxylation sites is 1. The number of thiophene rings is 1. The third kappa shape index (κ3) is 2.55. The summed E-state index contributed by atoms with van der Waals surface area (Å²) in [4.78, 5) is 13.7. The zero-order valence-corrected chi connectivity index (χ0v) is 13.1. The normalized spacial score (nSPS) is 12.1. The first kappa shape index (κ1) is 14.8. The number of rotatable bonds is 2. The second-order valence-electron chi connectivity index (χ2n) is 5.33. The van der Waals surface area contributed by atoms with E-state index in [0.29, 0.717) is 10.6 Å². The fraction of sp³-hybridized carbons (Fsp3) is 0.0556. The number of hydrogen-bond acceptors (Lipinski definition) is 3. The average molecular weight is 343 g/mol. The number of ether oxygens (including phenoxy) is 1. The number of benzene rings is 2. The predicted molar refractivity (Wildman–Crippen MR) is 88.4 cm³/mol. The van der Waals surface area contributed by atoms with E-state index in [2.05, 4.69) is 5.32 Å². The molecule has 3 aromatic rings. The molecule has 1 amide bonds. The van der Waals surface area contributed by atoms with E-state index in [1.165, 1.54) is 35.6 Å². The Balaban J connectivity index is 1.66. The third-order valence-electron chi connectivity index (χ3n) is 3.73. The summed E-state index contributed by atoms with van der Waals surface area (Å²) in [6.45, 7) is 0.273. The maximum Gasteiger partial charge on any atom is 0.265 e. The van der Waals surface area contributed by atoms with Crippen LogP contribution in [-0.4, -0.2) is 5.91 Å². The van der Waals surface area contributed by atoms with Crippen LogP contribution in [-0.2, 0) is 6.61 Å². The molecule has 3 nitrogen and oxygen atoms in total. The standard InChI is InChI=1S/C18H11F2NO2S/c19-11-5-6-12-15(8-11)23-9-10-7-16(24-17(10)12)18(22)21-14-4-2-1-3-13(14)20/h1-8H,9H2,(H,21,22). The lowest BCUT2D eigenvalue weighted by molar-refractivity contribution is 0.103. The second kappa shape index (κ2) is 5.72. The quantitative estimate of drug-likeness (QED) is 0.723. The molecule has 1 aliphatic heterocycles. The molecule has 0 saturated carbocycles. The summed E-state index contributed by atoms with van der Waals surface area (Å²) in [5, 5.41) is 2.56. The Hall–Kier alpha value is -2.73. The molecule has 0 bridgehead atoms. The van der Waals surface area contributed by atoms with Gasteiger partial charge in [0.1, 0.15) is 24.0 Å². The molecule has 24 heavy (non-hydrogen) atoms. The largest absolute Gasteiger partial charge is 0.488 e. The molecule has 0 aliphatic carbocycles. The van der Waals surface area contributed by atoms with Crippen molar-refractivity contribution in [2.75, 3.05) is 5.32 Å². The topological polar surface area (TPSA) is 38.3 Å². The van der Waals surface area contributed by atoms with E-state index >= 15 is 0 Å². The van der Waals surface area contributed by atoms with Crippen molar-refractivity contribution in [1.82, 2.24) is 0 Å². The van der Waals surface area contributed by atoms with Crippen LogP contribution in [0.3, 0.4) is 0 Å². The van der Waals surface area contributed by atoms with Gasteiger partial charge in [0.05, 0.1) is 10.6 Å². The van der Waals surface area contributed by atoms with Gasteiger partial charge in [-0.05, 0) is 30.3 Å². The number of halogens is 2. The van der Waals surface area contributed by atoms with Gasteiger partial charge in [0.15, 0.2) is 0 Å². The Morgan fingerprint density at radius 2 is 1.96 bits per heavy atom. The first-order valence-corrected chi connectivity index (χ1v) is 8.05. The molecule has 2 heterocycles. The minimum Gasteiger partial charge on any atom is -0.488 e. The Kier molecular flexibility index (Phi) is 3.54. The number of hydrogen-bond donors (Lipinski definition) is 1. The van der Waals surface area contributed by atoms with Gasteiger partial charge in [-0.3, -0.25) is 4.79 Å². The van der Waals surface area contributed by atoms with Crippen LogP contribution in [0.2, 0.25) is 0 Å². The van der Waals surface area contributed by atoms with E-state index < -0.39 is 5.82 Å². The highest BCUT2D eigenvalue weighted by atomic mass is 32.1. The highest BCUT2D eigenvalue weighted by molar-refractivity contribution is 7.17. The number of amides is 1. The Labute approximate surface area is 140 Å². The van der Waals surface area contributed by atoms with Crippen LogP contribution in [0.15, 0.2) is 48.5 Å². The molecule has 1 aliphatic rings. The molecule has 2 aromatic carbocycles. The lowest BCUT2D eigenvalue weighted by Crippen LogP contribution is -2.11. The molecule has 1 aromatic heterocycles. The third-order valence-corrected chi connectivity index (χ3v) is 4.94. The van der Waals surface area contributed by atoms with E-state index in [1.54, 1.807) is 24.3 Å². The maximum absolute atomic E-state index is 13.7. The van der Waals surface area contributed by atoms with Gasteiger partial charge >= 0.3 is 0 Å². The summed E-state index contributed by atoms with van der Waals surface area (Å²) >= 11 is 1.28. The molecular formula is C18H11F2NO2S. The van der Waals surface area contributed by atoms with E-state index in [1.807, 2.05) is 0 Å². The van der Waals surface area contributed by atoms with Gasteiger partial charge in [0, 0.05) is 22.1 Å². The minimum atomic E-state index is -0.490. The van der Waals surface area contributed by atoms with Crippen LogP contribution in [0.1, 0.15) is 15.2 Å². The summed E-state index contributed by atoms with van der Waals surface area (Å²) in [7, 11) is 0. The van der Waals surface area contributed by atoms with E-state index in [9.17, 15) is 13.6 Å². The Morgan fingerprint density at radius 3 is 2.79 bits per heavy atom. The fourth-order valence-electron chi connectivity index (χ4n) is 2.58. The van der Waals surface area contributed by atoms with Gasteiger partial charge in [-0.25, -0.2) is 8.78 Å². The lowest BCUT2D eigenvalue weighted by atomic mass is 10.1. The predicted octanol–water partition coefficient (Wildman–Crippen LogP) is 4.84. The molecule has 120 valence electrons. The molecule has 4 rings (SSSR count). The van der Waals surface area contributed by atoms with Crippen molar-refractivity contribution < 1.29 is 18.3 Å². The first-order valence-electron chi connectivity index (χ1n) is 7.23. The maximum atomic E-state index is 13.7. The number of carbonyl (C=O) groups is 1. The summed E-state index contributed by atoms with van der Waals surface area (Å²) in [5.74, 6) is -0.781. The van der Waals surface area contributed by atoms with Gasteiger partial charge < -0.3 is 10.1 Å². The number of anilines is 1. The van der Waals surface area contributed by atoms with Gasteiger partial charge in [-0.15, -0.1) is 11.3 Å². The van der Waals surface area contributed by atoms with Crippen molar-refractivity contribution in [3.63, 3.8) is 0 Å². The zero-order chi connectivity index (χ0) is 16.7. The zero-order valence-electron chi connectivity index (χ0n) is 12.3. The summed E-state index contributed by atoms with van der Waals surface area (Å²) in [5.41, 5.74) is 1.75. The molecule has 0 unspecified atom stereocenters. The van der Waals surface area contributed by atoms with E-state index in [-0.39, 0.29) is 24.0 Å². The molecule has 6 heteroatoms. The van der Waals surface area contributed by atoms with Crippen LogP contribution >= 0.6 is 11.3 Å². The minimum absolute atomic E-state index is 0.132. The summed E-state index contributed by atoms with van der Waals surface area (Å²) in [6.07, 6.45) is 0. The number of nitrogens with one attached hydrogen (secondary N) is 1. The van der Waals surface area contributed by atoms with Crippen molar-refractivity contribution in [1.29, 1.82) is 0 Å². The van der Waals surface area contributed by atoms with Crippen LogP contribution in [0.25, 0.3) is 10.4 Å². The highest BCUT2D eigenvalue weighted by Gasteiger charge is 2.23. The molecule has 1 N–H and O–H groups in total. The fourth-order valence-corrected chi connectivity index (χ4v) is 3.67. The average Bonchev–Trinajstić information content (AvgIpc) is 3.01. The van der Waals surface area contributed by atoms with Crippen LogP contribution in [0, 0.1) is 11.6 Å². The number of fused-ring (bicyclic) bond motifs is 3. The smallest absolute Gasteiger partial charge is 0.265 e. The van der Waals surface area contributed by atoms with Gasteiger partial charge in [-0.2, -0.15) is 0 Å². The van der Waals surface area contributed by atoms with Gasteiger partial charge in [0.25, 0.3) is 5.91 Å². The molecule has 0 fully saturated rings. The van der Waals surface area contributed by atoms with Crippen molar-refractivity contribution >= 4 is 22.9 Å². The molecule has 0 radical (unpaired) electrons. The van der Waals surface area contributed by atoms with Gasteiger partial charge in [-0.1, -0.05) is 12.1 Å². The molecule has 0 saturated heterocycles. The van der Waals surface area contributed by atoms with Crippen molar-refractivity contribution in [2.45, 2.75) is 6.61 Å². The summed E-state index contributed by atoms with van der Waals surface area (Å²) < 4.78 is 32.5. The molecular weight excluding hydrogens is 332 g/mol. The second-order valence-corrected chi connectivity index (χ2v) is 6.38. The highest BCUT2D eigenvalue weighted by Crippen LogP contribution is 2.42. The SMILES string of the molecule is O=C(Nc1ccccc1F)c1cc2c(s1)-c1ccc(F)cc1OC2. The van der Waals surface area contributed by atoms with Crippen LogP contribution in [0.4, 0.5) is 14.5 Å². The molecule has 0 spiro atoms. The lowest BCUT2D eigenvalue weighted by Gasteiger charge is -2.17. The van der Waals surface area contributed by atoms with E-state index in [0.717, 1.165) is 16.0 Å². The van der Waals surface area contributed by atoms with Crippen LogP contribution in [0.5, 0.6) is 5.75 Å². The van der Waals surface area contributed by atoms with Crippen molar-refractivity contribution in [3.05, 3.63) is 70.6 Å². The Bertz CT molecular complexity index is 952. The van der Waals surface area contributed by atoms with Crippen LogP contribution < -0.4 is 10.1 Å². The summed E-state index contributed by atoms with van der Waals surface area (Å²) in [6, 6.07) is 12.0. The molecule has 0 atom stereocenters. The van der Waals surface area contributed by atoms with E-state index in [4.69, 9.17) is 4.74 Å². The first-order chi connectivity index (χ1) is 11.6. The van der Waals surface area contributed by atoms with Gasteiger partial charge in [0.2, 0.25) is 0 Å².